The van der Waals surface area contributed by atoms with Crippen LogP contribution in [0.3, 0.4) is 0 Å². The Labute approximate surface area is 95.3 Å². The Morgan fingerprint density at radius 2 is 2.31 bits per heavy atom. The van der Waals surface area contributed by atoms with E-state index in [0.29, 0.717) is 25.7 Å². The molecule has 6 nitrogen and oxygen atoms in total. The highest BCUT2D eigenvalue weighted by molar-refractivity contribution is 5.77. The van der Waals surface area contributed by atoms with Crippen molar-refractivity contribution in [2.24, 2.45) is 10.7 Å². The molecule has 6 heteroatoms. The predicted molar refractivity (Wildman–Crippen MR) is 63.3 cm³/mol. The molecule has 1 aromatic rings. The summed E-state index contributed by atoms with van der Waals surface area (Å²) in [7, 11) is 1.65. The first-order valence-electron chi connectivity index (χ1n) is 5.18. The maximum Gasteiger partial charge on any atom is 0.189 e. The second kappa shape index (κ2) is 6.12. The van der Waals surface area contributed by atoms with Crippen LogP contribution in [0.5, 0.6) is 0 Å². The molecule has 0 aliphatic heterocycles. The first kappa shape index (κ1) is 12.5. The predicted octanol–water partition coefficient (Wildman–Crippen LogP) is 0.0772. The Morgan fingerprint density at radius 1 is 1.56 bits per heavy atom. The Morgan fingerprint density at radius 3 is 2.88 bits per heavy atom. The molecule has 0 radical (unpaired) electrons. The molecule has 0 spiro atoms. The zero-order chi connectivity index (χ0) is 12.0. The molecule has 0 atom stereocenters. The van der Waals surface area contributed by atoms with E-state index in [4.69, 9.17) is 10.5 Å². The van der Waals surface area contributed by atoms with Crippen molar-refractivity contribution in [2.45, 2.75) is 20.4 Å². The number of aliphatic imine (C=N–C) groups is 1. The van der Waals surface area contributed by atoms with Crippen molar-refractivity contribution in [3.63, 3.8) is 0 Å². The molecule has 0 fully saturated rings. The lowest BCUT2D eigenvalue weighted by Crippen LogP contribution is -2.34. The van der Waals surface area contributed by atoms with Crippen molar-refractivity contribution in [1.82, 2.24) is 15.5 Å². The molecule has 0 aliphatic rings. The minimum atomic E-state index is 0.428. The molecule has 90 valence electrons. The SMILES string of the molecule is COCCNC(N)=NCc1c(C)n[nH]c1C. The van der Waals surface area contributed by atoms with Crippen molar-refractivity contribution in [2.75, 3.05) is 20.3 Å². The number of rotatable bonds is 5. The van der Waals surface area contributed by atoms with E-state index in [2.05, 4.69) is 20.5 Å². The van der Waals surface area contributed by atoms with Gasteiger partial charge in [0.05, 0.1) is 18.8 Å². The van der Waals surface area contributed by atoms with E-state index >= 15 is 0 Å². The van der Waals surface area contributed by atoms with Gasteiger partial charge in [-0.15, -0.1) is 0 Å². The van der Waals surface area contributed by atoms with Crippen LogP contribution in [0.15, 0.2) is 4.99 Å². The number of guanidine groups is 1. The van der Waals surface area contributed by atoms with E-state index in [1.54, 1.807) is 7.11 Å². The van der Waals surface area contributed by atoms with Crippen molar-refractivity contribution in [1.29, 1.82) is 0 Å². The molecule has 0 saturated carbocycles. The van der Waals surface area contributed by atoms with E-state index in [9.17, 15) is 0 Å². The van der Waals surface area contributed by atoms with E-state index in [1.165, 1.54) is 0 Å². The molecule has 0 bridgehead atoms. The average Bonchev–Trinajstić information content (AvgIpc) is 2.57. The van der Waals surface area contributed by atoms with Gasteiger partial charge in [-0.1, -0.05) is 0 Å². The van der Waals surface area contributed by atoms with Gasteiger partial charge in [-0.05, 0) is 13.8 Å². The fraction of sp³-hybridized carbons (Fsp3) is 0.600. The number of ether oxygens (including phenoxy) is 1. The third-order valence-corrected chi connectivity index (χ3v) is 2.30. The van der Waals surface area contributed by atoms with Crippen LogP contribution in [0.1, 0.15) is 17.0 Å². The molecule has 0 aromatic carbocycles. The topological polar surface area (TPSA) is 88.3 Å². The lowest BCUT2D eigenvalue weighted by molar-refractivity contribution is 0.204. The van der Waals surface area contributed by atoms with Gasteiger partial charge >= 0.3 is 0 Å². The van der Waals surface area contributed by atoms with Gasteiger partial charge in [0.25, 0.3) is 0 Å². The van der Waals surface area contributed by atoms with Crippen LogP contribution in [-0.2, 0) is 11.3 Å². The van der Waals surface area contributed by atoms with Gasteiger partial charge in [0, 0.05) is 24.9 Å². The fourth-order valence-corrected chi connectivity index (χ4v) is 1.31. The molecular weight excluding hydrogens is 206 g/mol. The van der Waals surface area contributed by atoms with Crippen molar-refractivity contribution < 1.29 is 4.74 Å². The summed E-state index contributed by atoms with van der Waals surface area (Å²) in [5.74, 6) is 0.428. The van der Waals surface area contributed by atoms with Gasteiger partial charge in [0.1, 0.15) is 0 Å². The maximum absolute atomic E-state index is 5.68. The molecule has 1 aromatic heterocycles. The van der Waals surface area contributed by atoms with Crippen molar-refractivity contribution in [3.05, 3.63) is 17.0 Å². The Balaban J connectivity index is 2.46. The number of aromatic amines is 1. The van der Waals surface area contributed by atoms with Crippen LogP contribution in [-0.4, -0.2) is 36.4 Å². The summed E-state index contributed by atoms with van der Waals surface area (Å²) in [5.41, 5.74) is 8.78. The van der Waals surface area contributed by atoms with Gasteiger partial charge < -0.3 is 15.8 Å². The van der Waals surface area contributed by atoms with Crippen LogP contribution in [0.4, 0.5) is 0 Å². The van der Waals surface area contributed by atoms with E-state index in [0.717, 1.165) is 17.0 Å². The quantitative estimate of drug-likeness (QED) is 0.376. The lowest BCUT2D eigenvalue weighted by atomic mass is 10.2. The summed E-state index contributed by atoms with van der Waals surface area (Å²) < 4.78 is 4.89. The highest BCUT2D eigenvalue weighted by atomic mass is 16.5. The monoisotopic (exact) mass is 225 g/mol. The summed E-state index contributed by atoms with van der Waals surface area (Å²) in [5, 5.41) is 9.96. The standard InChI is InChI=1S/C10H19N5O/c1-7-9(8(2)15-14-7)6-13-10(11)12-4-5-16-3/h4-6H2,1-3H3,(H,14,15)(H3,11,12,13). The number of nitrogens with two attached hydrogens (primary N) is 1. The van der Waals surface area contributed by atoms with Crippen LogP contribution in [0.25, 0.3) is 0 Å². The Kier molecular flexibility index (Phi) is 4.78. The highest BCUT2D eigenvalue weighted by Crippen LogP contribution is 2.09. The summed E-state index contributed by atoms with van der Waals surface area (Å²) in [6.45, 7) is 5.73. The number of methoxy groups -OCH3 is 1. The lowest BCUT2D eigenvalue weighted by Gasteiger charge is -2.04. The van der Waals surface area contributed by atoms with Crippen LogP contribution >= 0.6 is 0 Å². The Bertz CT molecular complexity index is 339. The van der Waals surface area contributed by atoms with E-state index < -0.39 is 0 Å². The number of H-pyrrole nitrogens is 1. The molecule has 1 heterocycles. The van der Waals surface area contributed by atoms with Gasteiger partial charge in [-0.2, -0.15) is 5.10 Å². The molecule has 4 N–H and O–H groups in total. The minimum absolute atomic E-state index is 0.428. The number of aromatic nitrogens is 2. The molecule has 0 saturated heterocycles. The highest BCUT2D eigenvalue weighted by Gasteiger charge is 2.04. The first-order chi connectivity index (χ1) is 7.65. The molecule has 0 unspecified atom stereocenters. The minimum Gasteiger partial charge on any atom is -0.383 e. The second-order valence-electron chi connectivity index (χ2n) is 3.53. The second-order valence-corrected chi connectivity index (χ2v) is 3.53. The summed E-state index contributed by atoms with van der Waals surface area (Å²) in [6, 6.07) is 0. The van der Waals surface area contributed by atoms with Crippen LogP contribution in [0, 0.1) is 13.8 Å². The molecule has 0 aliphatic carbocycles. The maximum atomic E-state index is 5.68. The molecular formula is C10H19N5O. The van der Waals surface area contributed by atoms with Gasteiger partial charge in [0.15, 0.2) is 5.96 Å². The van der Waals surface area contributed by atoms with Crippen LogP contribution < -0.4 is 11.1 Å². The largest absolute Gasteiger partial charge is 0.383 e. The number of hydrogen-bond acceptors (Lipinski definition) is 3. The van der Waals surface area contributed by atoms with Crippen molar-refractivity contribution >= 4 is 5.96 Å². The number of nitrogens with one attached hydrogen (secondary N) is 2. The number of aryl methyl sites for hydroxylation is 2. The zero-order valence-corrected chi connectivity index (χ0v) is 10.0. The molecule has 16 heavy (non-hydrogen) atoms. The summed E-state index contributed by atoms with van der Waals surface area (Å²) >= 11 is 0. The van der Waals surface area contributed by atoms with Crippen molar-refractivity contribution in [3.8, 4) is 0 Å². The molecule has 1 rings (SSSR count). The van der Waals surface area contributed by atoms with Gasteiger partial charge in [-0.3, -0.25) is 5.10 Å². The Hall–Kier alpha value is -1.56. The van der Waals surface area contributed by atoms with Crippen LogP contribution in [0.2, 0.25) is 0 Å². The third-order valence-electron chi connectivity index (χ3n) is 2.30. The van der Waals surface area contributed by atoms with E-state index in [1.807, 2.05) is 13.8 Å². The third kappa shape index (κ3) is 3.54. The number of nitrogens with zero attached hydrogens (tertiary/aromatic N) is 2. The summed E-state index contributed by atoms with van der Waals surface area (Å²) in [6.07, 6.45) is 0. The summed E-state index contributed by atoms with van der Waals surface area (Å²) in [4.78, 5) is 4.23. The van der Waals surface area contributed by atoms with Gasteiger partial charge in [0.2, 0.25) is 0 Å². The average molecular weight is 225 g/mol. The fourth-order valence-electron chi connectivity index (χ4n) is 1.31. The first-order valence-corrected chi connectivity index (χ1v) is 5.18. The zero-order valence-electron chi connectivity index (χ0n) is 10.0. The molecule has 0 amide bonds. The normalized spacial score (nSPS) is 11.8. The number of hydrogen-bond donors (Lipinski definition) is 3. The smallest absolute Gasteiger partial charge is 0.189 e. The van der Waals surface area contributed by atoms with Gasteiger partial charge in [-0.25, -0.2) is 4.99 Å². The van der Waals surface area contributed by atoms with E-state index in [-0.39, 0.29) is 0 Å².